The zero-order chi connectivity index (χ0) is 19.8. The standard InChI is InChI=1S/C22H19N3O2S/c1-14-9-10-23-20(11-14)24-15(2)12-17(16(24)3)13-19-21(26)25(22(27)28-19)18-7-5-4-6-8-18/h4-13H,1-3H3/b19-13+. The molecule has 1 fully saturated rings. The van der Waals surface area contributed by atoms with Crippen LogP contribution in [-0.2, 0) is 4.79 Å². The number of para-hydroxylation sites is 1. The summed E-state index contributed by atoms with van der Waals surface area (Å²) in [5.74, 6) is 0.548. The number of nitrogens with zero attached hydrogens (tertiary/aromatic N) is 3. The van der Waals surface area contributed by atoms with Crippen LogP contribution in [0.3, 0.4) is 0 Å². The van der Waals surface area contributed by atoms with Crippen LogP contribution in [0, 0.1) is 20.8 Å². The lowest BCUT2D eigenvalue weighted by Crippen LogP contribution is -2.27. The number of amides is 2. The van der Waals surface area contributed by atoms with Crippen LogP contribution in [0.15, 0.2) is 59.6 Å². The van der Waals surface area contributed by atoms with Crippen molar-refractivity contribution >= 4 is 34.7 Å². The maximum atomic E-state index is 12.8. The van der Waals surface area contributed by atoms with Crippen molar-refractivity contribution in [2.24, 2.45) is 0 Å². The second-order valence-corrected chi connectivity index (χ2v) is 7.70. The Morgan fingerprint density at radius 3 is 2.46 bits per heavy atom. The van der Waals surface area contributed by atoms with Gasteiger partial charge in [0.1, 0.15) is 5.82 Å². The molecular formula is C22H19N3O2S. The van der Waals surface area contributed by atoms with Gasteiger partial charge in [-0.25, -0.2) is 9.88 Å². The molecule has 3 heterocycles. The van der Waals surface area contributed by atoms with Crippen LogP contribution in [0.2, 0.25) is 0 Å². The van der Waals surface area contributed by atoms with Gasteiger partial charge in [0.2, 0.25) is 0 Å². The van der Waals surface area contributed by atoms with Crippen molar-refractivity contribution in [3.8, 4) is 5.82 Å². The zero-order valence-corrected chi connectivity index (χ0v) is 16.7. The highest BCUT2D eigenvalue weighted by atomic mass is 32.2. The predicted octanol–water partition coefficient (Wildman–Crippen LogP) is 5.04. The van der Waals surface area contributed by atoms with Gasteiger partial charge in [0.05, 0.1) is 10.6 Å². The Hall–Kier alpha value is -3.12. The lowest BCUT2D eigenvalue weighted by molar-refractivity contribution is -0.113. The van der Waals surface area contributed by atoms with E-state index in [9.17, 15) is 9.59 Å². The van der Waals surface area contributed by atoms with Gasteiger partial charge in [0.25, 0.3) is 11.1 Å². The molecular weight excluding hydrogens is 370 g/mol. The summed E-state index contributed by atoms with van der Waals surface area (Å²) in [6.07, 6.45) is 3.58. The van der Waals surface area contributed by atoms with Crippen molar-refractivity contribution in [3.63, 3.8) is 0 Å². The van der Waals surface area contributed by atoms with E-state index in [1.165, 1.54) is 4.90 Å². The van der Waals surface area contributed by atoms with Crippen LogP contribution in [0.4, 0.5) is 10.5 Å². The zero-order valence-electron chi connectivity index (χ0n) is 15.8. The number of carbonyl (C=O) groups is 2. The third kappa shape index (κ3) is 3.16. The molecule has 0 radical (unpaired) electrons. The molecule has 0 spiro atoms. The number of aromatic nitrogens is 2. The molecule has 0 aliphatic carbocycles. The molecule has 2 amide bonds. The fourth-order valence-corrected chi connectivity index (χ4v) is 4.17. The fraction of sp³-hybridized carbons (Fsp3) is 0.136. The summed E-state index contributed by atoms with van der Waals surface area (Å²) in [7, 11) is 0. The molecule has 0 atom stereocenters. The number of thioether (sulfide) groups is 1. The van der Waals surface area contributed by atoms with Crippen molar-refractivity contribution in [2.75, 3.05) is 4.90 Å². The topological polar surface area (TPSA) is 55.2 Å². The number of benzene rings is 1. The van der Waals surface area contributed by atoms with Gasteiger partial charge < -0.3 is 4.57 Å². The van der Waals surface area contributed by atoms with Gasteiger partial charge in [-0.2, -0.15) is 0 Å². The van der Waals surface area contributed by atoms with E-state index in [0.29, 0.717) is 10.6 Å². The quantitative estimate of drug-likeness (QED) is 0.589. The smallest absolute Gasteiger partial charge is 0.298 e. The number of hydrogen-bond acceptors (Lipinski definition) is 4. The minimum atomic E-state index is -0.292. The molecule has 5 nitrogen and oxygen atoms in total. The molecule has 1 aliphatic heterocycles. The number of aryl methyl sites for hydroxylation is 2. The molecule has 0 N–H and O–H groups in total. The molecule has 1 aromatic carbocycles. The summed E-state index contributed by atoms with van der Waals surface area (Å²) in [5, 5.41) is -0.281. The van der Waals surface area contributed by atoms with E-state index in [1.807, 2.05) is 57.2 Å². The minimum Gasteiger partial charge on any atom is -0.303 e. The van der Waals surface area contributed by atoms with Gasteiger partial charge in [0.15, 0.2) is 0 Å². The first-order valence-electron chi connectivity index (χ1n) is 8.90. The van der Waals surface area contributed by atoms with Crippen molar-refractivity contribution in [1.82, 2.24) is 9.55 Å². The van der Waals surface area contributed by atoms with Crippen LogP contribution >= 0.6 is 11.8 Å². The third-order valence-corrected chi connectivity index (χ3v) is 5.56. The van der Waals surface area contributed by atoms with Gasteiger partial charge in [0, 0.05) is 17.6 Å². The monoisotopic (exact) mass is 389 g/mol. The number of rotatable bonds is 3. The highest BCUT2D eigenvalue weighted by Crippen LogP contribution is 2.36. The number of anilines is 1. The second-order valence-electron chi connectivity index (χ2n) is 6.71. The van der Waals surface area contributed by atoms with E-state index >= 15 is 0 Å². The summed E-state index contributed by atoms with van der Waals surface area (Å²) in [6.45, 7) is 6.02. The van der Waals surface area contributed by atoms with Crippen LogP contribution in [0.5, 0.6) is 0 Å². The highest BCUT2D eigenvalue weighted by Gasteiger charge is 2.36. The van der Waals surface area contributed by atoms with Crippen LogP contribution in [0.25, 0.3) is 11.9 Å². The summed E-state index contributed by atoms with van der Waals surface area (Å²) in [4.78, 5) is 31.4. The number of hydrogen-bond donors (Lipinski definition) is 0. The number of pyridine rings is 1. The van der Waals surface area contributed by atoms with E-state index in [2.05, 4.69) is 9.55 Å². The summed E-state index contributed by atoms with van der Waals surface area (Å²) < 4.78 is 2.06. The number of imide groups is 1. The summed E-state index contributed by atoms with van der Waals surface area (Å²) >= 11 is 0.967. The Labute approximate surface area is 167 Å². The molecule has 28 heavy (non-hydrogen) atoms. The molecule has 1 saturated heterocycles. The normalized spacial score (nSPS) is 15.7. The molecule has 0 unspecified atom stereocenters. The van der Waals surface area contributed by atoms with Crippen molar-refractivity contribution in [2.45, 2.75) is 20.8 Å². The Bertz CT molecular complexity index is 1120. The average Bonchev–Trinajstić information content (AvgIpc) is 3.11. The predicted molar refractivity (Wildman–Crippen MR) is 113 cm³/mol. The first-order chi connectivity index (χ1) is 13.5. The van der Waals surface area contributed by atoms with Gasteiger partial charge in [-0.1, -0.05) is 18.2 Å². The molecule has 1 aliphatic rings. The van der Waals surface area contributed by atoms with Crippen LogP contribution in [-0.4, -0.2) is 20.7 Å². The van der Waals surface area contributed by atoms with Gasteiger partial charge >= 0.3 is 0 Å². The Morgan fingerprint density at radius 1 is 1.00 bits per heavy atom. The van der Waals surface area contributed by atoms with Crippen molar-refractivity contribution < 1.29 is 9.59 Å². The molecule has 4 rings (SSSR count). The van der Waals surface area contributed by atoms with Gasteiger partial charge in [-0.3, -0.25) is 9.59 Å². The molecule has 0 saturated carbocycles. The summed E-state index contributed by atoms with van der Waals surface area (Å²) in [5.41, 5.74) is 4.61. The minimum absolute atomic E-state index is 0.281. The van der Waals surface area contributed by atoms with Crippen LogP contribution < -0.4 is 4.90 Å². The maximum Gasteiger partial charge on any atom is 0.298 e. The average molecular weight is 389 g/mol. The van der Waals surface area contributed by atoms with E-state index < -0.39 is 0 Å². The van der Waals surface area contributed by atoms with E-state index in [4.69, 9.17) is 0 Å². The lowest BCUT2D eigenvalue weighted by atomic mass is 10.2. The maximum absolute atomic E-state index is 12.8. The van der Waals surface area contributed by atoms with E-state index in [-0.39, 0.29) is 11.1 Å². The SMILES string of the molecule is Cc1ccnc(-n2c(C)cc(/C=C3/SC(=O)N(c4ccccc4)C3=O)c2C)c1. The van der Waals surface area contributed by atoms with E-state index in [0.717, 1.165) is 40.1 Å². The largest absolute Gasteiger partial charge is 0.303 e. The highest BCUT2D eigenvalue weighted by molar-refractivity contribution is 8.19. The molecule has 140 valence electrons. The Kier molecular flexibility index (Phi) is 4.65. The first-order valence-corrected chi connectivity index (χ1v) is 9.72. The van der Waals surface area contributed by atoms with Gasteiger partial charge in [-0.15, -0.1) is 0 Å². The number of carbonyl (C=O) groups excluding carboxylic acids is 2. The second kappa shape index (κ2) is 7.13. The first kappa shape index (κ1) is 18.3. The molecule has 0 bridgehead atoms. The van der Waals surface area contributed by atoms with Crippen molar-refractivity contribution in [3.05, 3.63) is 82.1 Å². The Morgan fingerprint density at radius 2 is 1.75 bits per heavy atom. The summed E-state index contributed by atoms with van der Waals surface area (Å²) in [6, 6.07) is 15.0. The van der Waals surface area contributed by atoms with E-state index in [1.54, 1.807) is 24.4 Å². The Balaban J connectivity index is 1.72. The lowest BCUT2D eigenvalue weighted by Gasteiger charge is -2.11. The fourth-order valence-electron chi connectivity index (χ4n) is 3.34. The van der Waals surface area contributed by atoms with Gasteiger partial charge in [-0.05, 0) is 80.1 Å². The molecule has 3 aromatic rings. The van der Waals surface area contributed by atoms with Crippen molar-refractivity contribution in [1.29, 1.82) is 0 Å². The van der Waals surface area contributed by atoms with Crippen LogP contribution in [0.1, 0.15) is 22.5 Å². The third-order valence-electron chi connectivity index (χ3n) is 4.70. The molecule has 6 heteroatoms. The molecule has 2 aromatic heterocycles.